The summed E-state index contributed by atoms with van der Waals surface area (Å²) < 4.78 is 0. The Kier molecular flexibility index (Phi) is 3.50. The van der Waals surface area contributed by atoms with E-state index in [1.54, 1.807) is 6.07 Å². The van der Waals surface area contributed by atoms with Crippen LogP contribution >= 0.6 is 0 Å². The topological polar surface area (TPSA) is 45.8 Å². The Morgan fingerprint density at radius 1 is 1.29 bits per heavy atom. The maximum Gasteiger partial charge on any atom is 0.182 e. The fourth-order valence-electron chi connectivity index (χ4n) is 1.50. The zero-order valence-electron chi connectivity index (χ0n) is 9.68. The molecule has 1 N–H and O–H groups in total. The molecule has 0 saturated heterocycles. The van der Waals surface area contributed by atoms with E-state index >= 15 is 0 Å². The Morgan fingerprint density at radius 2 is 2.06 bits per heavy atom. The largest absolute Gasteiger partial charge is 0.292 e. The molecule has 0 amide bonds. The minimum absolute atomic E-state index is 0.0561. The highest BCUT2D eigenvalue weighted by molar-refractivity contribution is 5.94. The Hall–Kier alpha value is -2.16. The van der Waals surface area contributed by atoms with Gasteiger partial charge in [-0.25, -0.2) is 0 Å². The summed E-state index contributed by atoms with van der Waals surface area (Å²) in [5.74, 6) is 0.0561. The summed E-state index contributed by atoms with van der Waals surface area (Å²) in [6.07, 6.45) is 4.37. The average molecular weight is 226 g/mol. The first-order valence-corrected chi connectivity index (χ1v) is 5.61. The summed E-state index contributed by atoms with van der Waals surface area (Å²) in [7, 11) is 0. The lowest BCUT2D eigenvalue weighted by Crippen LogP contribution is -1.95. The van der Waals surface area contributed by atoms with E-state index in [-0.39, 0.29) is 5.78 Å². The molecular weight excluding hydrogens is 212 g/mol. The summed E-state index contributed by atoms with van der Waals surface area (Å²) in [4.78, 5) is 11.4. The number of carbonyl (C=O) groups excluding carboxylic acids is 1. The monoisotopic (exact) mass is 226 g/mol. The van der Waals surface area contributed by atoms with Crippen LogP contribution in [0.2, 0.25) is 0 Å². The maximum absolute atomic E-state index is 11.4. The van der Waals surface area contributed by atoms with E-state index in [0.29, 0.717) is 12.1 Å². The van der Waals surface area contributed by atoms with E-state index in [4.69, 9.17) is 0 Å². The van der Waals surface area contributed by atoms with Gasteiger partial charge in [0.25, 0.3) is 0 Å². The molecule has 0 aliphatic carbocycles. The van der Waals surface area contributed by atoms with Crippen molar-refractivity contribution in [3.05, 3.63) is 53.3 Å². The summed E-state index contributed by atoms with van der Waals surface area (Å²) in [5.41, 5.74) is 2.45. The number of aromatic amines is 1. The fraction of sp³-hybridized carbons (Fsp3) is 0.143. The number of ketones is 1. The number of H-pyrrole nitrogens is 1. The molecule has 86 valence electrons. The number of aromatic nitrogens is 2. The Balaban J connectivity index is 2.12. The highest BCUT2D eigenvalue weighted by Crippen LogP contribution is 2.08. The zero-order valence-corrected chi connectivity index (χ0v) is 9.68. The quantitative estimate of drug-likeness (QED) is 0.814. The minimum Gasteiger partial charge on any atom is -0.292 e. The standard InChI is InChI=1S/C14H14N2O/c1-2-14(17)13-10-12(15-16-13)9-8-11-6-4-3-5-7-11/h3-10H,2H2,1H3,(H,15,16)/b9-8-. The van der Waals surface area contributed by atoms with E-state index in [1.807, 2.05) is 49.4 Å². The van der Waals surface area contributed by atoms with E-state index in [0.717, 1.165) is 11.3 Å². The van der Waals surface area contributed by atoms with Gasteiger partial charge in [0.1, 0.15) is 5.69 Å². The van der Waals surface area contributed by atoms with Crippen molar-refractivity contribution in [1.82, 2.24) is 10.2 Å². The van der Waals surface area contributed by atoms with Crippen molar-refractivity contribution in [2.75, 3.05) is 0 Å². The predicted octanol–water partition coefficient (Wildman–Crippen LogP) is 3.17. The molecule has 2 aromatic rings. The third-order valence-electron chi connectivity index (χ3n) is 2.46. The van der Waals surface area contributed by atoms with Gasteiger partial charge in [0.2, 0.25) is 0 Å². The van der Waals surface area contributed by atoms with Gasteiger partial charge in [-0.1, -0.05) is 43.3 Å². The van der Waals surface area contributed by atoms with Gasteiger partial charge < -0.3 is 0 Å². The Morgan fingerprint density at radius 3 is 2.76 bits per heavy atom. The highest BCUT2D eigenvalue weighted by atomic mass is 16.1. The molecule has 1 aromatic heterocycles. The highest BCUT2D eigenvalue weighted by Gasteiger charge is 2.06. The van der Waals surface area contributed by atoms with Crippen molar-refractivity contribution in [2.24, 2.45) is 0 Å². The first-order chi connectivity index (χ1) is 8.29. The number of rotatable bonds is 4. The van der Waals surface area contributed by atoms with Crippen LogP contribution in [0.4, 0.5) is 0 Å². The van der Waals surface area contributed by atoms with Crippen molar-refractivity contribution in [3.63, 3.8) is 0 Å². The second-order valence-corrected chi connectivity index (χ2v) is 3.73. The summed E-state index contributed by atoms with van der Waals surface area (Å²) in [6.45, 7) is 1.83. The molecule has 1 aromatic carbocycles. The van der Waals surface area contributed by atoms with Crippen LogP contribution in [0.25, 0.3) is 12.2 Å². The molecule has 3 heteroatoms. The third-order valence-corrected chi connectivity index (χ3v) is 2.46. The first kappa shape index (κ1) is 11.3. The van der Waals surface area contributed by atoms with Crippen molar-refractivity contribution in [1.29, 1.82) is 0 Å². The number of nitrogens with one attached hydrogen (secondary N) is 1. The van der Waals surface area contributed by atoms with Gasteiger partial charge in [0.05, 0.1) is 5.69 Å². The molecule has 0 unspecified atom stereocenters. The van der Waals surface area contributed by atoms with Crippen LogP contribution in [-0.2, 0) is 0 Å². The van der Waals surface area contributed by atoms with Crippen LogP contribution in [-0.4, -0.2) is 16.0 Å². The molecule has 0 saturated carbocycles. The third kappa shape index (κ3) is 2.91. The van der Waals surface area contributed by atoms with Gasteiger partial charge in [-0.05, 0) is 17.7 Å². The van der Waals surface area contributed by atoms with E-state index in [1.165, 1.54) is 0 Å². The number of carbonyl (C=O) groups is 1. The van der Waals surface area contributed by atoms with Gasteiger partial charge in [0, 0.05) is 6.42 Å². The Labute approximate surface area is 100 Å². The molecular formula is C14H14N2O. The van der Waals surface area contributed by atoms with Crippen LogP contribution in [0.5, 0.6) is 0 Å². The molecule has 0 radical (unpaired) electrons. The molecule has 1 heterocycles. The van der Waals surface area contributed by atoms with Crippen LogP contribution in [0.1, 0.15) is 35.1 Å². The number of hydrogen-bond acceptors (Lipinski definition) is 2. The molecule has 0 spiro atoms. The van der Waals surface area contributed by atoms with Crippen LogP contribution in [0.15, 0.2) is 36.4 Å². The van der Waals surface area contributed by atoms with Crippen LogP contribution in [0.3, 0.4) is 0 Å². The zero-order chi connectivity index (χ0) is 12.1. The summed E-state index contributed by atoms with van der Waals surface area (Å²) in [6, 6.07) is 11.8. The molecule has 0 fully saturated rings. The molecule has 0 atom stereocenters. The molecule has 0 aliphatic rings. The number of nitrogens with zero attached hydrogens (tertiary/aromatic N) is 1. The molecule has 2 rings (SSSR count). The number of Topliss-reactive ketones (excluding diaryl/α,β-unsaturated/α-hetero) is 1. The van der Waals surface area contributed by atoms with Crippen molar-refractivity contribution in [2.45, 2.75) is 13.3 Å². The molecule has 17 heavy (non-hydrogen) atoms. The molecule has 0 aliphatic heterocycles. The maximum atomic E-state index is 11.4. The minimum atomic E-state index is 0.0561. The van der Waals surface area contributed by atoms with Gasteiger partial charge >= 0.3 is 0 Å². The first-order valence-electron chi connectivity index (χ1n) is 5.61. The van der Waals surface area contributed by atoms with Crippen LogP contribution < -0.4 is 0 Å². The smallest absolute Gasteiger partial charge is 0.182 e. The SMILES string of the molecule is CCC(=O)c1cc(/C=C\c2ccccc2)[nH]n1. The molecule has 0 bridgehead atoms. The lowest BCUT2D eigenvalue weighted by molar-refractivity contribution is 0.0983. The van der Waals surface area contributed by atoms with Gasteiger partial charge in [0.15, 0.2) is 5.78 Å². The van der Waals surface area contributed by atoms with Crippen molar-refractivity contribution >= 4 is 17.9 Å². The number of benzene rings is 1. The Bertz CT molecular complexity index is 526. The fourth-order valence-corrected chi connectivity index (χ4v) is 1.50. The second-order valence-electron chi connectivity index (χ2n) is 3.73. The van der Waals surface area contributed by atoms with Crippen molar-refractivity contribution < 1.29 is 4.79 Å². The lowest BCUT2D eigenvalue weighted by atomic mass is 10.2. The molecule has 3 nitrogen and oxygen atoms in total. The van der Waals surface area contributed by atoms with Gasteiger partial charge in [-0.3, -0.25) is 9.89 Å². The average Bonchev–Trinajstić information content (AvgIpc) is 2.85. The second kappa shape index (κ2) is 5.25. The van der Waals surface area contributed by atoms with E-state index < -0.39 is 0 Å². The van der Waals surface area contributed by atoms with Gasteiger partial charge in [-0.2, -0.15) is 5.10 Å². The number of hydrogen-bond donors (Lipinski definition) is 1. The summed E-state index contributed by atoms with van der Waals surface area (Å²) in [5, 5.41) is 6.81. The van der Waals surface area contributed by atoms with E-state index in [9.17, 15) is 4.79 Å². The summed E-state index contributed by atoms with van der Waals surface area (Å²) >= 11 is 0. The normalized spacial score (nSPS) is 10.9. The van der Waals surface area contributed by atoms with Gasteiger partial charge in [-0.15, -0.1) is 0 Å². The van der Waals surface area contributed by atoms with E-state index in [2.05, 4.69) is 10.2 Å². The lowest BCUT2D eigenvalue weighted by Gasteiger charge is -1.89. The predicted molar refractivity (Wildman–Crippen MR) is 68.6 cm³/mol. The van der Waals surface area contributed by atoms with Crippen LogP contribution in [0, 0.1) is 0 Å². The van der Waals surface area contributed by atoms with Crippen molar-refractivity contribution in [3.8, 4) is 0 Å².